The minimum absolute atomic E-state index is 0.0913. The average molecular weight is 267 g/mol. The highest BCUT2D eigenvalue weighted by molar-refractivity contribution is 5.86. The molecule has 1 heterocycles. The maximum absolute atomic E-state index is 12.8. The number of carbonyl (C=O) groups is 2. The molecular weight excluding hydrogens is 242 g/mol. The highest BCUT2D eigenvalue weighted by atomic mass is 16.4. The molecule has 1 saturated carbocycles. The molecule has 108 valence electrons. The molecule has 0 aromatic carbocycles. The van der Waals surface area contributed by atoms with Crippen LogP contribution in [0.5, 0.6) is 0 Å². The van der Waals surface area contributed by atoms with Crippen LogP contribution in [-0.4, -0.2) is 34.0 Å². The number of hydrogen-bond donors (Lipinski definition) is 1. The van der Waals surface area contributed by atoms with E-state index in [9.17, 15) is 14.7 Å². The van der Waals surface area contributed by atoms with Gasteiger partial charge < -0.3 is 10.0 Å². The lowest BCUT2D eigenvalue weighted by atomic mass is 9.94. The first-order valence-corrected chi connectivity index (χ1v) is 7.50. The van der Waals surface area contributed by atoms with E-state index in [1.54, 1.807) is 0 Å². The molecule has 3 unspecified atom stereocenters. The fraction of sp³-hybridized carbons (Fsp3) is 0.867. The smallest absolute Gasteiger partial charge is 0.307 e. The number of carboxylic acids is 1. The Morgan fingerprint density at radius 3 is 2.37 bits per heavy atom. The molecule has 2 aliphatic rings. The van der Waals surface area contributed by atoms with E-state index >= 15 is 0 Å². The number of amides is 1. The van der Waals surface area contributed by atoms with Gasteiger partial charge in [-0.2, -0.15) is 0 Å². The zero-order valence-corrected chi connectivity index (χ0v) is 12.1. The number of hydrogen-bond acceptors (Lipinski definition) is 2. The van der Waals surface area contributed by atoms with Crippen molar-refractivity contribution in [2.24, 2.45) is 17.8 Å². The lowest BCUT2D eigenvalue weighted by Crippen LogP contribution is -2.45. The van der Waals surface area contributed by atoms with Crippen LogP contribution in [0.3, 0.4) is 0 Å². The summed E-state index contributed by atoms with van der Waals surface area (Å²) in [5.41, 5.74) is 0. The Morgan fingerprint density at radius 1 is 1.16 bits per heavy atom. The third-order valence-corrected chi connectivity index (χ3v) is 4.94. The van der Waals surface area contributed by atoms with Crippen LogP contribution in [0, 0.1) is 17.8 Å². The highest BCUT2D eigenvalue weighted by Crippen LogP contribution is 2.39. The molecule has 5 atom stereocenters. The number of aliphatic carboxylic acids is 1. The quantitative estimate of drug-likeness (QED) is 0.854. The minimum Gasteiger partial charge on any atom is -0.481 e. The minimum atomic E-state index is -0.803. The van der Waals surface area contributed by atoms with Crippen molar-refractivity contribution >= 4 is 11.9 Å². The van der Waals surface area contributed by atoms with Gasteiger partial charge in [0.15, 0.2) is 0 Å². The van der Waals surface area contributed by atoms with Gasteiger partial charge in [-0.1, -0.05) is 13.8 Å². The normalized spacial score (nSPS) is 38.7. The van der Waals surface area contributed by atoms with Crippen molar-refractivity contribution in [2.75, 3.05) is 0 Å². The van der Waals surface area contributed by atoms with Crippen LogP contribution in [0.1, 0.15) is 52.9 Å². The number of nitrogens with zero attached hydrogens (tertiary/aromatic N) is 1. The predicted octanol–water partition coefficient (Wildman–Crippen LogP) is 2.52. The molecule has 0 bridgehead atoms. The molecule has 1 amide bonds. The summed E-state index contributed by atoms with van der Waals surface area (Å²) >= 11 is 0. The molecule has 1 aliphatic carbocycles. The Hall–Kier alpha value is -1.06. The molecule has 0 radical (unpaired) electrons. The largest absolute Gasteiger partial charge is 0.481 e. The summed E-state index contributed by atoms with van der Waals surface area (Å²) in [5.74, 6) is -1.15. The first-order chi connectivity index (χ1) is 8.95. The van der Waals surface area contributed by atoms with E-state index in [1.165, 1.54) is 0 Å². The predicted molar refractivity (Wildman–Crippen MR) is 72.6 cm³/mol. The summed E-state index contributed by atoms with van der Waals surface area (Å²) in [6, 6.07) is 0.579. The summed E-state index contributed by atoms with van der Waals surface area (Å²) in [4.78, 5) is 26.1. The third-order valence-electron chi connectivity index (χ3n) is 4.94. The van der Waals surface area contributed by atoms with Crippen LogP contribution in [0.15, 0.2) is 0 Å². The van der Waals surface area contributed by atoms with E-state index in [4.69, 9.17) is 0 Å². The second-order valence-corrected chi connectivity index (χ2v) is 6.36. The maximum atomic E-state index is 12.8. The molecule has 0 aromatic heterocycles. The van der Waals surface area contributed by atoms with Crippen LogP contribution >= 0.6 is 0 Å². The van der Waals surface area contributed by atoms with E-state index in [-0.39, 0.29) is 17.9 Å². The Morgan fingerprint density at radius 2 is 1.79 bits per heavy atom. The van der Waals surface area contributed by atoms with Gasteiger partial charge in [0, 0.05) is 12.1 Å². The molecule has 1 N–H and O–H groups in total. The molecule has 4 heteroatoms. The number of carboxylic acid groups (broad SMARTS) is 1. The second-order valence-electron chi connectivity index (χ2n) is 6.36. The molecule has 4 nitrogen and oxygen atoms in total. The van der Waals surface area contributed by atoms with E-state index in [1.807, 2.05) is 11.8 Å². The lowest BCUT2D eigenvalue weighted by Gasteiger charge is -2.31. The Labute approximate surface area is 115 Å². The van der Waals surface area contributed by atoms with Crippen molar-refractivity contribution in [1.82, 2.24) is 4.90 Å². The van der Waals surface area contributed by atoms with Crippen LogP contribution in [0.25, 0.3) is 0 Å². The van der Waals surface area contributed by atoms with Gasteiger partial charge in [0.1, 0.15) is 0 Å². The lowest BCUT2D eigenvalue weighted by molar-refractivity contribution is -0.150. The van der Waals surface area contributed by atoms with Gasteiger partial charge in [-0.25, -0.2) is 0 Å². The molecule has 0 spiro atoms. The topological polar surface area (TPSA) is 57.6 Å². The maximum Gasteiger partial charge on any atom is 0.307 e. The van der Waals surface area contributed by atoms with Gasteiger partial charge in [-0.15, -0.1) is 0 Å². The van der Waals surface area contributed by atoms with Crippen LogP contribution in [-0.2, 0) is 9.59 Å². The van der Waals surface area contributed by atoms with Crippen LogP contribution in [0.4, 0.5) is 0 Å². The number of carbonyl (C=O) groups excluding carboxylic acids is 1. The van der Waals surface area contributed by atoms with Crippen molar-refractivity contribution in [2.45, 2.75) is 65.0 Å². The van der Waals surface area contributed by atoms with Crippen LogP contribution in [0.2, 0.25) is 0 Å². The molecule has 1 saturated heterocycles. The number of rotatable bonds is 3. The molecule has 1 aliphatic heterocycles. The SMILES string of the molecule is CCC1CCC(C)N1C(=O)[C@H]1CC(C)C[C@H]1C(=O)O. The Kier molecular flexibility index (Phi) is 4.16. The molecule has 19 heavy (non-hydrogen) atoms. The zero-order chi connectivity index (χ0) is 14.2. The van der Waals surface area contributed by atoms with Gasteiger partial charge in [0.2, 0.25) is 5.91 Å². The van der Waals surface area contributed by atoms with Gasteiger partial charge in [-0.05, 0) is 44.9 Å². The standard InChI is InChI=1S/C15H25NO3/c1-4-11-6-5-10(3)16(11)14(17)12-7-9(2)8-13(12)15(18)19/h9-13H,4-8H2,1-3H3,(H,18,19)/t9?,10?,11?,12-,13+/m0/s1. The summed E-state index contributed by atoms with van der Waals surface area (Å²) in [6.07, 6.45) is 4.45. The van der Waals surface area contributed by atoms with E-state index in [0.717, 1.165) is 25.7 Å². The summed E-state index contributed by atoms with van der Waals surface area (Å²) in [6.45, 7) is 6.24. The Bertz CT molecular complexity index is 368. The molecule has 2 rings (SSSR count). The number of likely N-dealkylation sites (tertiary alicyclic amines) is 1. The average Bonchev–Trinajstić information content (AvgIpc) is 2.91. The van der Waals surface area contributed by atoms with Crippen molar-refractivity contribution in [1.29, 1.82) is 0 Å². The third kappa shape index (κ3) is 2.63. The first kappa shape index (κ1) is 14.4. The summed E-state index contributed by atoms with van der Waals surface area (Å²) in [5, 5.41) is 9.31. The van der Waals surface area contributed by atoms with Gasteiger partial charge in [0.25, 0.3) is 0 Å². The molecule has 0 aromatic rings. The zero-order valence-electron chi connectivity index (χ0n) is 12.1. The monoisotopic (exact) mass is 267 g/mol. The van der Waals surface area contributed by atoms with Gasteiger partial charge >= 0.3 is 5.97 Å². The molecule has 2 fully saturated rings. The van der Waals surface area contributed by atoms with Crippen molar-refractivity contribution < 1.29 is 14.7 Å². The fourth-order valence-electron chi connectivity index (χ4n) is 3.90. The molecular formula is C15H25NO3. The first-order valence-electron chi connectivity index (χ1n) is 7.50. The summed E-state index contributed by atoms with van der Waals surface area (Å²) in [7, 11) is 0. The fourth-order valence-corrected chi connectivity index (χ4v) is 3.90. The van der Waals surface area contributed by atoms with E-state index in [0.29, 0.717) is 18.4 Å². The van der Waals surface area contributed by atoms with E-state index < -0.39 is 11.9 Å². The van der Waals surface area contributed by atoms with Crippen molar-refractivity contribution in [3.05, 3.63) is 0 Å². The highest BCUT2D eigenvalue weighted by Gasteiger charge is 2.45. The van der Waals surface area contributed by atoms with Gasteiger partial charge in [-0.3, -0.25) is 9.59 Å². The Balaban J connectivity index is 2.16. The van der Waals surface area contributed by atoms with Crippen molar-refractivity contribution in [3.8, 4) is 0 Å². The second kappa shape index (κ2) is 5.51. The van der Waals surface area contributed by atoms with Gasteiger partial charge in [0.05, 0.1) is 11.8 Å². The van der Waals surface area contributed by atoms with Crippen molar-refractivity contribution in [3.63, 3.8) is 0 Å². The van der Waals surface area contributed by atoms with Crippen LogP contribution < -0.4 is 0 Å². The van der Waals surface area contributed by atoms with E-state index in [2.05, 4.69) is 13.8 Å². The summed E-state index contributed by atoms with van der Waals surface area (Å²) < 4.78 is 0.